The molecule has 1 aromatic heterocycles. The van der Waals surface area contributed by atoms with Gasteiger partial charge in [-0.2, -0.15) is 5.10 Å². The predicted molar refractivity (Wildman–Crippen MR) is 96.6 cm³/mol. The zero-order valence-corrected chi connectivity index (χ0v) is 14.7. The lowest BCUT2D eigenvalue weighted by Crippen LogP contribution is -2.48. The van der Waals surface area contributed by atoms with E-state index in [9.17, 15) is 9.90 Å². The quantitative estimate of drug-likeness (QED) is 0.877. The molecule has 1 atom stereocenters. The normalized spacial score (nSPS) is 17.5. The van der Waals surface area contributed by atoms with Crippen LogP contribution in [0.1, 0.15) is 36.9 Å². The monoisotopic (exact) mass is 342 g/mol. The van der Waals surface area contributed by atoms with Crippen molar-refractivity contribution < 1.29 is 9.90 Å². The molecule has 3 rings (SSSR count). The van der Waals surface area contributed by atoms with Crippen molar-refractivity contribution in [1.82, 2.24) is 20.0 Å². The van der Waals surface area contributed by atoms with Gasteiger partial charge in [0.25, 0.3) is 0 Å². The summed E-state index contributed by atoms with van der Waals surface area (Å²) in [5.74, 6) is 0. The molecular formula is C19H26N4O2. The number of amides is 2. The minimum Gasteiger partial charge on any atom is -0.396 e. The van der Waals surface area contributed by atoms with Crippen LogP contribution in [0, 0.1) is 6.92 Å². The van der Waals surface area contributed by atoms with E-state index in [1.165, 1.54) is 0 Å². The fourth-order valence-electron chi connectivity index (χ4n) is 3.42. The molecule has 1 aliphatic rings. The molecule has 134 valence electrons. The van der Waals surface area contributed by atoms with Crippen LogP contribution in [0.4, 0.5) is 4.79 Å². The van der Waals surface area contributed by atoms with Gasteiger partial charge in [0, 0.05) is 31.9 Å². The SMILES string of the molecule is Cc1ccn(-c2ccccc2CNC(=O)N2CCCCC2CCO)n1. The van der Waals surface area contributed by atoms with Crippen LogP contribution in [0.2, 0.25) is 0 Å². The van der Waals surface area contributed by atoms with Crippen LogP contribution in [0.5, 0.6) is 0 Å². The summed E-state index contributed by atoms with van der Waals surface area (Å²) in [6, 6.07) is 10.0. The minimum absolute atomic E-state index is 0.0513. The third-order valence-electron chi connectivity index (χ3n) is 4.74. The highest BCUT2D eigenvalue weighted by Crippen LogP contribution is 2.20. The van der Waals surface area contributed by atoms with Crippen molar-refractivity contribution in [2.75, 3.05) is 13.2 Å². The molecule has 0 aliphatic carbocycles. The van der Waals surface area contributed by atoms with Crippen LogP contribution in [-0.4, -0.2) is 45.0 Å². The van der Waals surface area contributed by atoms with Crippen LogP contribution < -0.4 is 5.32 Å². The molecule has 1 aromatic carbocycles. The first-order valence-electron chi connectivity index (χ1n) is 8.95. The molecule has 1 aliphatic heterocycles. The number of nitrogens with one attached hydrogen (secondary N) is 1. The Kier molecular flexibility index (Phi) is 5.71. The zero-order chi connectivity index (χ0) is 17.6. The smallest absolute Gasteiger partial charge is 0.317 e. The van der Waals surface area contributed by atoms with E-state index in [2.05, 4.69) is 10.4 Å². The van der Waals surface area contributed by atoms with Gasteiger partial charge in [-0.3, -0.25) is 0 Å². The highest BCUT2D eigenvalue weighted by molar-refractivity contribution is 5.74. The summed E-state index contributed by atoms with van der Waals surface area (Å²) in [4.78, 5) is 14.5. The fraction of sp³-hybridized carbons (Fsp3) is 0.474. The molecule has 2 amide bonds. The maximum atomic E-state index is 12.6. The number of nitrogens with zero attached hydrogens (tertiary/aromatic N) is 3. The lowest BCUT2D eigenvalue weighted by molar-refractivity contribution is 0.131. The van der Waals surface area contributed by atoms with Gasteiger partial charge in [0.1, 0.15) is 0 Å². The highest BCUT2D eigenvalue weighted by Gasteiger charge is 2.26. The van der Waals surface area contributed by atoms with Crippen molar-refractivity contribution >= 4 is 6.03 Å². The zero-order valence-electron chi connectivity index (χ0n) is 14.7. The molecule has 0 saturated carbocycles. The van der Waals surface area contributed by atoms with E-state index in [1.807, 2.05) is 53.0 Å². The van der Waals surface area contributed by atoms with Crippen molar-refractivity contribution in [3.8, 4) is 5.69 Å². The summed E-state index contributed by atoms with van der Waals surface area (Å²) in [7, 11) is 0. The number of likely N-dealkylation sites (tertiary alicyclic amines) is 1. The number of para-hydroxylation sites is 1. The Morgan fingerprint density at radius 1 is 1.32 bits per heavy atom. The number of aliphatic hydroxyl groups excluding tert-OH is 1. The Morgan fingerprint density at radius 3 is 2.92 bits per heavy atom. The number of hydrogen-bond acceptors (Lipinski definition) is 3. The van der Waals surface area contributed by atoms with Gasteiger partial charge < -0.3 is 15.3 Å². The molecule has 6 heteroatoms. The van der Waals surface area contributed by atoms with E-state index in [0.29, 0.717) is 13.0 Å². The predicted octanol–water partition coefficient (Wildman–Crippen LogP) is 2.63. The van der Waals surface area contributed by atoms with Crippen molar-refractivity contribution in [1.29, 1.82) is 0 Å². The van der Waals surface area contributed by atoms with Crippen molar-refractivity contribution in [2.24, 2.45) is 0 Å². The van der Waals surface area contributed by atoms with Gasteiger partial charge in [0.15, 0.2) is 0 Å². The van der Waals surface area contributed by atoms with Crippen molar-refractivity contribution in [3.63, 3.8) is 0 Å². The van der Waals surface area contributed by atoms with Crippen LogP contribution in [0.15, 0.2) is 36.5 Å². The molecule has 1 unspecified atom stereocenters. The Bertz CT molecular complexity index is 711. The molecule has 6 nitrogen and oxygen atoms in total. The minimum atomic E-state index is -0.0513. The number of hydrogen-bond donors (Lipinski definition) is 2. The molecule has 25 heavy (non-hydrogen) atoms. The van der Waals surface area contributed by atoms with E-state index >= 15 is 0 Å². The van der Waals surface area contributed by atoms with Crippen molar-refractivity contribution in [3.05, 3.63) is 47.8 Å². The topological polar surface area (TPSA) is 70.4 Å². The van der Waals surface area contributed by atoms with Gasteiger partial charge in [0.05, 0.1) is 11.4 Å². The largest absolute Gasteiger partial charge is 0.396 e. The summed E-state index contributed by atoms with van der Waals surface area (Å²) in [6.07, 6.45) is 5.69. The summed E-state index contributed by atoms with van der Waals surface area (Å²) in [5, 5.41) is 16.7. The molecule has 1 fully saturated rings. The van der Waals surface area contributed by atoms with Gasteiger partial charge >= 0.3 is 6.03 Å². The number of urea groups is 1. The number of benzene rings is 1. The first-order chi connectivity index (χ1) is 12.2. The summed E-state index contributed by atoms with van der Waals surface area (Å²) < 4.78 is 1.84. The van der Waals surface area contributed by atoms with Gasteiger partial charge in [-0.05, 0) is 50.3 Å². The molecule has 0 spiro atoms. The fourth-order valence-corrected chi connectivity index (χ4v) is 3.42. The van der Waals surface area contributed by atoms with Crippen LogP contribution in [-0.2, 0) is 6.54 Å². The van der Waals surface area contributed by atoms with E-state index in [4.69, 9.17) is 0 Å². The number of aliphatic hydroxyl groups is 1. The maximum absolute atomic E-state index is 12.6. The summed E-state index contributed by atoms with van der Waals surface area (Å²) in [6.45, 7) is 3.29. The standard InChI is InChI=1S/C19H26N4O2/c1-15-9-12-23(21-15)18-8-3-2-6-16(18)14-20-19(25)22-11-5-4-7-17(22)10-13-24/h2-3,6,8-9,12,17,24H,4-5,7,10-11,13-14H2,1H3,(H,20,25). The summed E-state index contributed by atoms with van der Waals surface area (Å²) in [5.41, 5.74) is 2.95. The van der Waals surface area contributed by atoms with E-state index in [1.54, 1.807) is 0 Å². The van der Waals surface area contributed by atoms with Crippen LogP contribution in [0.3, 0.4) is 0 Å². The van der Waals surface area contributed by atoms with E-state index in [-0.39, 0.29) is 18.7 Å². The first-order valence-corrected chi connectivity index (χ1v) is 8.95. The van der Waals surface area contributed by atoms with Crippen molar-refractivity contribution in [2.45, 2.75) is 45.2 Å². The number of aryl methyl sites for hydroxylation is 1. The van der Waals surface area contributed by atoms with Gasteiger partial charge in [-0.25, -0.2) is 9.48 Å². The number of carbonyl (C=O) groups is 1. The van der Waals surface area contributed by atoms with E-state index in [0.717, 1.165) is 42.8 Å². The summed E-state index contributed by atoms with van der Waals surface area (Å²) >= 11 is 0. The Morgan fingerprint density at radius 2 is 2.16 bits per heavy atom. The van der Waals surface area contributed by atoms with Gasteiger partial charge in [-0.1, -0.05) is 18.2 Å². The second kappa shape index (κ2) is 8.16. The molecule has 2 heterocycles. The molecule has 2 N–H and O–H groups in total. The van der Waals surface area contributed by atoms with E-state index < -0.39 is 0 Å². The number of rotatable bonds is 5. The average molecular weight is 342 g/mol. The lowest BCUT2D eigenvalue weighted by Gasteiger charge is -2.35. The Hall–Kier alpha value is -2.34. The highest BCUT2D eigenvalue weighted by atomic mass is 16.3. The third kappa shape index (κ3) is 4.20. The number of carbonyl (C=O) groups excluding carboxylic acids is 1. The van der Waals surface area contributed by atoms with Crippen LogP contribution >= 0.6 is 0 Å². The van der Waals surface area contributed by atoms with Gasteiger partial charge in [0.2, 0.25) is 0 Å². The second-order valence-electron chi connectivity index (χ2n) is 6.54. The molecular weight excluding hydrogens is 316 g/mol. The average Bonchev–Trinajstić information content (AvgIpc) is 3.07. The number of piperidine rings is 1. The maximum Gasteiger partial charge on any atom is 0.317 e. The first kappa shape index (κ1) is 17.5. The van der Waals surface area contributed by atoms with Gasteiger partial charge in [-0.15, -0.1) is 0 Å². The number of aromatic nitrogens is 2. The molecule has 1 saturated heterocycles. The molecule has 0 radical (unpaired) electrons. The second-order valence-corrected chi connectivity index (χ2v) is 6.54. The third-order valence-corrected chi connectivity index (χ3v) is 4.74. The molecule has 2 aromatic rings. The lowest BCUT2D eigenvalue weighted by atomic mass is 10.0. The molecule has 0 bridgehead atoms. The Labute approximate surface area is 148 Å². The van der Waals surface area contributed by atoms with Crippen LogP contribution in [0.25, 0.3) is 5.69 Å². The Balaban J connectivity index is 1.68.